The third-order valence-corrected chi connectivity index (χ3v) is 4.80. The van der Waals surface area contributed by atoms with Crippen LogP contribution in [0, 0.1) is 0 Å². The number of hydrogen-bond acceptors (Lipinski definition) is 7. The Labute approximate surface area is 154 Å². The van der Waals surface area contributed by atoms with Gasteiger partial charge in [-0.25, -0.2) is 4.68 Å². The molecule has 132 valence electrons. The largest absolute Gasteiger partial charge is 0.495 e. The molecule has 0 aliphatic rings. The van der Waals surface area contributed by atoms with Crippen LogP contribution in [-0.2, 0) is 13.6 Å². The number of benzene rings is 1. The Bertz CT molecular complexity index is 836. The van der Waals surface area contributed by atoms with Gasteiger partial charge in [-0.15, -0.1) is 5.10 Å². The lowest BCUT2D eigenvalue weighted by atomic mass is 10.2. The number of thioether (sulfide) groups is 1. The molecule has 0 aliphatic carbocycles. The topological polar surface area (TPSA) is 78.0 Å². The minimum atomic E-state index is 0.561. The number of aryl methyl sites for hydroxylation is 1. The average molecular weight is 380 g/mol. The summed E-state index contributed by atoms with van der Waals surface area (Å²) in [5, 5.41) is 16.0. The van der Waals surface area contributed by atoms with E-state index in [0.717, 1.165) is 34.5 Å². The van der Waals surface area contributed by atoms with Gasteiger partial charge in [0.2, 0.25) is 5.16 Å². The molecule has 0 fully saturated rings. The van der Waals surface area contributed by atoms with Crippen LogP contribution in [0.25, 0.3) is 11.3 Å². The van der Waals surface area contributed by atoms with Crippen LogP contribution in [0.5, 0.6) is 5.75 Å². The van der Waals surface area contributed by atoms with E-state index in [-0.39, 0.29) is 0 Å². The number of ether oxygens (including phenoxy) is 1. The first kappa shape index (κ1) is 17.8. The fourth-order valence-electron chi connectivity index (χ4n) is 2.22. The average Bonchev–Trinajstić information content (AvgIpc) is 3.24. The first-order chi connectivity index (χ1) is 12.2. The maximum Gasteiger partial charge on any atom is 0.209 e. The summed E-state index contributed by atoms with van der Waals surface area (Å²) < 4.78 is 12.7. The van der Waals surface area contributed by atoms with E-state index in [9.17, 15) is 0 Å². The molecule has 0 aliphatic heterocycles. The second-order valence-electron chi connectivity index (χ2n) is 5.23. The fourth-order valence-corrected chi connectivity index (χ4v) is 3.22. The predicted octanol–water partition coefficient (Wildman–Crippen LogP) is 3.01. The van der Waals surface area contributed by atoms with Gasteiger partial charge < -0.3 is 14.5 Å². The number of hydrogen-bond donors (Lipinski definition) is 1. The van der Waals surface area contributed by atoms with Crippen molar-refractivity contribution in [1.29, 1.82) is 0 Å². The van der Waals surface area contributed by atoms with Crippen LogP contribution in [0.3, 0.4) is 0 Å². The van der Waals surface area contributed by atoms with Crippen molar-refractivity contribution >= 4 is 23.4 Å². The summed E-state index contributed by atoms with van der Waals surface area (Å²) >= 11 is 7.76. The summed E-state index contributed by atoms with van der Waals surface area (Å²) in [6, 6.07) is 9.49. The number of nitrogens with one attached hydrogen (secondary N) is 1. The van der Waals surface area contributed by atoms with Crippen molar-refractivity contribution in [2.45, 2.75) is 11.7 Å². The zero-order valence-electron chi connectivity index (χ0n) is 13.9. The lowest BCUT2D eigenvalue weighted by molar-refractivity contribution is 0.415. The van der Waals surface area contributed by atoms with Crippen LogP contribution in [-0.4, -0.2) is 39.6 Å². The normalized spacial score (nSPS) is 11.0. The number of nitrogens with zero attached hydrogens (tertiary/aromatic N) is 4. The summed E-state index contributed by atoms with van der Waals surface area (Å²) in [4.78, 5) is 0. The molecule has 7 nitrogen and oxygen atoms in total. The van der Waals surface area contributed by atoms with Crippen LogP contribution >= 0.6 is 23.4 Å². The number of methoxy groups -OCH3 is 1. The first-order valence-electron chi connectivity index (χ1n) is 7.66. The van der Waals surface area contributed by atoms with Crippen molar-refractivity contribution in [3.63, 3.8) is 0 Å². The number of tetrazole rings is 1. The number of aromatic nitrogens is 4. The minimum Gasteiger partial charge on any atom is -0.495 e. The van der Waals surface area contributed by atoms with Crippen LogP contribution in [0.1, 0.15) is 5.76 Å². The molecule has 0 radical (unpaired) electrons. The smallest absolute Gasteiger partial charge is 0.209 e. The molecule has 1 N–H and O–H groups in total. The van der Waals surface area contributed by atoms with Crippen LogP contribution in [0.15, 0.2) is 39.9 Å². The van der Waals surface area contributed by atoms with E-state index in [4.69, 9.17) is 20.8 Å². The van der Waals surface area contributed by atoms with Gasteiger partial charge in [-0.1, -0.05) is 23.4 Å². The minimum absolute atomic E-state index is 0.561. The molecule has 1 aromatic carbocycles. The molecule has 0 saturated carbocycles. The van der Waals surface area contributed by atoms with E-state index < -0.39 is 0 Å². The molecule has 2 aromatic heterocycles. The zero-order valence-corrected chi connectivity index (χ0v) is 15.5. The van der Waals surface area contributed by atoms with E-state index in [2.05, 4.69) is 20.8 Å². The van der Waals surface area contributed by atoms with Crippen molar-refractivity contribution in [2.24, 2.45) is 7.05 Å². The lowest BCUT2D eigenvalue weighted by Gasteiger charge is -2.04. The first-order valence-corrected chi connectivity index (χ1v) is 9.02. The molecule has 0 amide bonds. The van der Waals surface area contributed by atoms with Gasteiger partial charge in [0.25, 0.3) is 0 Å². The fraction of sp³-hybridized carbons (Fsp3) is 0.312. The number of halogens is 1. The Hall–Kier alpha value is -2.03. The maximum absolute atomic E-state index is 6.16. The Morgan fingerprint density at radius 1 is 1.32 bits per heavy atom. The Kier molecular flexibility index (Phi) is 5.95. The second-order valence-corrected chi connectivity index (χ2v) is 6.69. The third kappa shape index (κ3) is 4.53. The van der Waals surface area contributed by atoms with Gasteiger partial charge in [-0.05, 0) is 40.8 Å². The lowest BCUT2D eigenvalue weighted by Crippen LogP contribution is -2.16. The standard InChI is InChI=1S/C16H18ClN5O2S/c1-22-16(19-20-21-22)25-8-7-18-10-12-4-6-14(24-12)11-3-5-15(23-2)13(17)9-11/h3-6,9,18H,7-8,10H2,1-2H3. The van der Waals surface area contributed by atoms with E-state index in [1.54, 1.807) is 23.6 Å². The van der Waals surface area contributed by atoms with Crippen molar-refractivity contribution < 1.29 is 9.15 Å². The summed E-state index contributed by atoms with van der Waals surface area (Å²) in [7, 11) is 3.42. The molecule has 3 rings (SSSR count). The summed E-state index contributed by atoms with van der Waals surface area (Å²) in [6.45, 7) is 1.48. The highest BCUT2D eigenvalue weighted by molar-refractivity contribution is 7.99. The van der Waals surface area contributed by atoms with E-state index in [0.29, 0.717) is 17.3 Å². The SMILES string of the molecule is COc1ccc(-c2ccc(CNCCSc3nnnn3C)o2)cc1Cl. The number of furan rings is 1. The van der Waals surface area contributed by atoms with Crippen molar-refractivity contribution in [3.8, 4) is 17.1 Å². The molecule has 25 heavy (non-hydrogen) atoms. The van der Waals surface area contributed by atoms with Crippen LogP contribution in [0.2, 0.25) is 5.02 Å². The Morgan fingerprint density at radius 3 is 2.92 bits per heavy atom. The molecule has 0 bridgehead atoms. The molecule has 0 spiro atoms. The molecule has 0 unspecified atom stereocenters. The van der Waals surface area contributed by atoms with Gasteiger partial charge in [0.1, 0.15) is 17.3 Å². The molecule has 0 saturated heterocycles. The van der Waals surface area contributed by atoms with Gasteiger partial charge >= 0.3 is 0 Å². The molecule has 0 atom stereocenters. The third-order valence-electron chi connectivity index (χ3n) is 3.49. The Morgan fingerprint density at radius 2 is 2.20 bits per heavy atom. The van der Waals surface area contributed by atoms with E-state index in [1.165, 1.54) is 0 Å². The summed E-state index contributed by atoms with van der Waals surface area (Å²) in [5.74, 6) is 3.16. The zero-order chi connectivity index (χ0) is 17.6. The van der Waals surface area contributed by atoms with Gasteiger partial charge in [0.15, 0.2) is 0 Å². The molecular formula is C16H18ClN5O2S. The van der Waals surface area contributed by atoms with Crippen molar-refractivity contribution in [3.05, 3.63) is 41.1 Å². The van der Waals surface area contributed by atoms with Crippen LogP contribution < -0.4 is 10.1 Å². The molecular weight excluding hydrogens is 362 g/mol. The highest BCUT2D eigenvalue weighted by Crippen LogP contribution is 2.31. The van der Waals surface area contributed by atoms with E-state index in [1.807, 2.05) is 37.4 Å². The Balaban J connectivity index is 1.48. The maximum atomic E-state index is 6.16. The van der Waals surface area contributed by atoms with Gasteiger partial charge in [0, 0.05) is 24.9 Å². The van der Waals surface area contributed by atoms with Crippen LogP contribution in [0.4, 0.5) is 0 Å². The monoisotopic (exact) mass is 379 g/mol. The van der Waals surface area contributed by atoms with Gasteiger partial charge in [-0.3, -0.25) is 0 Å². The van der Waals surface area contributed by atoms with Gasteiger partial charge in [-0.2, -0.15) is 0 Å². The number of rotatable bonds is 8. The highest BCUT2D eigenvalue weighted by atomic mass is 35.5. The van der Waals surface area contributed by atoms with Gasteiger partial charge in [0.05, 0.1) is 18.7 Å². The predicted molar refractivity (Wildman–Crippen MR) is 96.9 cm³/mol. The second kappa shape index (κ2) is 8.37. The summed E-state index contributed by atoms with van der Waals surface area (Å²) in [5.41, 5.74) is 0.919. The summed E-state index contributed by atoms with van der Waals surface area (Å²) in [6.07, 6.45) is 0. The van der Waals surface area contributed by atoms with E-state index >= 15 is 0 Å². The highest BCUT2D eigenvalue weighted by Gasteiger charge is 2.08. The quantitative estimate of drug-likeness (QED) is 0.476. The molecule has 2 heterocycles. The van der Waals surface area contributed by atoms with Crippen molar-refractivity contribution in [2.75, 3.05) is 19.4 Å². The van der Waals surface area contributed by atoms with Crippen molar-refractivity contribution in [1.82, 2.24) is 25.5 Å². The molecule has 3 aromatic rings. The molecule has 9 heteroatoms.